The number of rotatable bonds is 3. The van der Waals surface area contributed by atoms with Gasteiger partial charge in [-0.05, 0) is 37.8 Å². The third-order valence-corrected chi connectivity index (χ3v) is 4.45. The number of piperidine rings is 1. The minimum atomic E-state index is -0.642. The molecule has 2 fully saturated rings. The molecule has 2 heterocycles. The Morgan fingerprint density at radius 1 is 1.26 bits per heavy atom. The van der Waals surface area contributed by atoms with E-state index in [0.29, 0.717) is 12.1 Å². The van der Waals surface area contributed by atoms with Crippen LogP contribution in [0, 0.1) is 5.92 Å². The molecule has 2 saturated heterocycles. The lowest BCUT2D eigenvalue weighted by Gasteiger charge is -2.39. The summed E-state index contributed by atoms with van der Waals surface area (Å²) in [5.74, 6) is 0.0632. The largest absolute Gasteiger partial charge is 0.495 e. The van der Waals surface area contributed by atoms with Crippen molar-refractivity contribution in [1.82, 2.24) is 0 Å². The maximum atomic E-state index is 11.2. The minimum Gasteiger partial charge on any atom is -0.495 e. The third-order valence-electron chi connectivity index (χ3n) is 4.45. The van der Waals surface area contributed by atoms with Gasteiger partial charge in [-0.2, -0.15) is 0 Å². The summed E-state index contributed by atoms with van der Waals surface area (Å²) in [5.41, 5.74) is 1.11. The monoisotopic (exact) mass is 261 g/mol. The number of carboxylic acid groups (broad SMARTS) is 1. The summed E-state index contributed by atoms with van der Waals surface area (Å²) in [6, 6.07) is 8.71. The minimum absolute atomic E-state index is 0.177. The zero-order chi connectivity index (χ0) is 13.4. The Kier molecular flexibility index (Phi) is 3.09. The predicted octanol–water partition coefficient (Wildman–Crippen LogP) is 2.53. The van der Waals surface area contributed by atoms with E-state index in [-0.39, 0.29) is 5.92 Å². The molecule has 1 aromatic rings. The van der Waals surface area contributed by atoms with E-state index in [2.05, 4.69) is 11.0 Å². The van der Waals surface area contributed by atoms with Gasteiger partial charge in [0.15, 0.2) is 0 Å². The summed E-state index contributed by atoms with van der Waals surface area (Å²) in [5, 5.41) is 9.22. The van der Waals surface area contributed by atoms with Gasteiger partial charge in [-0.15, -0.1) is 0 Å². The van der Waals surface area contributed by atoms with Crippen molar-refractivity contribution >= 4 is 11.7 Å². The van der Waals surface area contributed by atoms with Crippen LogP contribution in [0.25, 0.3) is 0 Å². The van der Waals surface area contributed by atoms with E-state index in [9.17, 15) is 9.90 Å². The molecule has 2 aliphatic rings. The van der Waals surface area contributed by atoms with Gasteiger partial charge in [0.2, 0.25) is 0 Å². The molecule has 0 radical (unpaired) electrons. The van der Waals surface area contributed by atoms with Gasteiger partial charge in [-0.1, -0.05) is 12.1 Å². The first-order valence-corrected chi connectivity index (χ1v) is 6.85. The first-order valence-electron chi connectivity index (χ1n) is 6.85. The summed E-state index contributed by atoms with van der Waals surface area (Å²) in [7, 11) is 1.69. The average molecular weight is 261 g/mol. The number of aliphatic carboxylic acids is 1. The molecule has 2 unspecified atom stereocenters. The third kappa shape index (κ3) is 2.05. The molecule has 0 saturated carbocycles. The molecule has 2 bridgehead atoms. The Balaban J connectivity index is 1.89. The number of fused-ring (bicyclic) bond motifs is 2. The number of hydrogen-bond donors (Lipinski definition) is 1. The Bertz CT molecular complexity index is 474. The van der Waals surface area contributed by atoms with Crippen LogP contribution in [-0.4, -0.2) is 30.3 Å². The number of anilines is 1. The summed E-state index contributed by atoms with van der Waals surface area (Å²) >= 11 is 0. The number of carboxylic acids is 1. The van der Waals surface area contributed by atoms with Crippen molar-refractivity contribution < 1.29 is 14.6 Å². The van der Waals surface area contributed by atoms with E-state index in [0.717, 1.165) is 37.1 Å². The first-order chi connectivity index (χ1) is 9.20. The molecule has 2 aliphatic heterocycles. The van der Waals surface area contributed by atoms with Gasteiger partial charge < -0.3 is 14.7 Å². The Hall–Kier alpha value is -1.71. The zero-order valence-electron chi connectivity index (χ0n) is 11.1. The molecule has 4 nitrogen and oxygen atoms in total. The molecule has 0 amide bonds. The lowest BCUT2D eigenvalue weighted by Crippen LogP contribution is -2.44. The second-order valence-electron chi connectivity index (χ2n) is 5.47. The van der Waals surface area contributed by atoms with Crippen molar-refractivity contribution in [2.24, 2.45) is 5.92 Å². The summed E-state index contributed by atoms with van der Waals surface area (Å²) in [4.78, 5) is 13.6. The SMILES string of the molecule is COc1ccccc1N1C2CCC1CC(C(=O)O)C2. The zero-order valence-corrected chi connectivity index (χ0v) is 11.1. The van der Waals surface area contributed by atoms with E-state index >= 15 is 0 Å². The quantitative estimate of drug-likeness (QED) is 0.908. The molecule has 0 spiro atoms. The molecule has 19 heavy (non-hydrogen) atoms. The fraction of sp³-hybridized carbons (Fsp3) is 0.533. The maximum Gasteiger partial charge on any atom is 0.306 e. The summed E-state index contributed by atoms with van der Waals surface area (Å²) in [6.07, 6.45) is 3.69. The van der Waals surface area contributed by atoms with Crippen LogP contribution in [0.4, 0.5) is 5.69 Å². The van der Waals surface area contributed by atoms with Gasteiger partial charge in [0.05, 0.1) is 18.7 Å². The van der Waals surface area contributed by atoms with Crippen LogP contribution in [0.3, 0.4) is 0 Å². The molecule has 4 heteroatoms. The highest BCUT2D eigenvalue weighted by Crippen LogP contribution is 2.44. The van der Waals surface area contributed by atoms with Crippen LogP contribution in [-0.2, 0) is 4.79 Å². The molecule has 1 aromatic carbocycles. The van der Waals surface area contributed by atoms with E-state index in [4.69, 9.17) is 4.74 Å². The normalized spacial score (nSPS) is 29.3. The fourth-order valence-electron chi connectivity index (χ4n) is 3.62. The van der Waals surface area contributed by atoms with Crippen LogP contribution in [0.2, 0.25) is 0 Å². The lowest BCUT2D eigenvalue weighted by molar-refractivity contribution is -0.142. The standard InChI is InChI=1S/C15H19NO3/c1-19-14-5-3-2-4-13(14)16-11-6-7-12(16)9-10(8-11)15(17)18/h2-5,10-12H,6-9H2,1H3,(H,17,18). The first kappa shape index (κ1) is 12.3. The van der Waals surface area contributed by atoms with Crippen molar-refractivity contribution in [3.63, 3.8) is 0 Å². The molecule has 1 N–H and O–H groups in total. The highest BCUT2D eigenvalue weighted by molar-refractivity contribution is 5.71. The van der Waals surface area contributed by atoms with Gasteiger partial charge in [0, 0.05) is 12.1 Å². The van der Waals surface area contributed by atoms with Crippen molar-refractivity contribution in [2.45, 2.75) is 37.8 Å². The number of ether oxygens (including phenoxy) is 1. The Morgan fingerprint density at radius 3 is 2.47 bits per heavy atom. The smallest absolute Gasteiger partial charge is 0.306 e. The van der Waals surface area contributed by atoms with E-state index in [1.54, 1.807) is 7.11 Å². The topological polar surface area (TPSA) is 49.8 Å². The number of carbonyl (C=O) groups is 1. The second kappa shape index (κ2) is 4.76. The molecular weight excluding hydrogens is 242 g/mol. The van der Waals surface area contributed by atoms with Gasteiger partial charge in [0.1, 0.15) is 5.75 Å². The molecule has 2 atom stereocenters. The van der Waals surface area contributed by atoms with Crippen LogP contribution in [0.15, 0.2) is 24.3 Å². The van der Waals surface area contributed by atoms with Crippen molar-refractivity contribution in [1.29, 1.82) is 0 Å². The van der Waals surface area contributed by atoms with Crippen LogP contribution >= 0.6 is 0 Å². The molecular formula is C15H19NO3. The molecule has 102 valence electrons. The van der Waals surface area contributed by atoms with Gasteiger partial charge in [0.25, 0.3) is 0 Å². The highest BCUT2D eigenvalue weighted by atomic mass is 16.5. The second-order valence-corrected chi connectivity index (χ2v) is 5.47. The van der Waals surface area contributed by atoms with E-state index in [1.807, 2.05) is 18.2 Å². The molecule has 3 rings (SSSR count). The van der Waals surface area contributed by atoms with E-state index < -0.39 is 5.97 Å². The number of nitrogens with zero attached hydrogens (tertiary/aromatic N) is 1. The predicted molar refractivity (Wildman–Crippen MR) is 72.6 cm³/mol. The highest BCUT2D eigenvalue weighted by Gasteiger charge is 2.43. The van der Waals surface area contributed by atoms with Gasteiger partial charge in [-0.3, -0.25) is 4.79 Å². The summed E-state index contributed by atoms with van der Waals surface area (Å²) in [6.45, 7) is 0. The van der Waals surface area contributed by atoms with Crippen LogP contribution < -0.4 is 9.64 Å². The number of methoxy groups -OCH3 is 1. The van der Waals surface area contributed by atoms with Crippen molar-refractivity contribution in [2.75, 3.05) is 12.0 Å². The van der Waals surface area contributed by atoms with Crippen molar-refractivity contribution in [3.8, 4) is 5.75 Å². The maximum absolute atomic E-state index is 11.2. The average Bonchev–Trinajstić information content (AvgIpc) is 2.68. The van der Waals surface area contributed by atoms with Gasteiger partial charge >= 0.3 is 5.97 Å². The molecule has 0 aromatic heterocycles. The molecule has 0 aliphatic carbocycles. The Morgan fingerprint density at radius 2 is 1.89 bits per heavy atom. The van der Waals surface area contributed by atoms with Crippen LogP contribution in [0.1, 0.15) is 25.7 Å². The Labute approximate surface area is 113 Å². The van der Waals surface area contributed by atoms with E-state index in [1.165, 1.54) is 0 Å². The lowest BCUT2D eigenvalue weighted by atomic mass is 9.90. The number of benzene rings is 1. The van der Waals surface area contributed by atoms with Crippen molar-refractivity contribution in [3.05, 3.63) is 24.3 Å². The number of hydrogen-bond acceptors (Lipinski definition) is 3. The number of para-hydroxylation sites is 2. The summed E-state index contributed by atoms with van der Waals surface area (Å²) < 4.78 is 5.44. The van der Waals surface area contributed by atoms with Gasteiger partial charge in [-0.25, -0.2) is 0 Å². The fourth-order valence-corrected chi connectivity index (χ4v) is 3.62. The van der Waals surface area contributed by atoms with Crippen LogP contribution in [0.5, 0.6) is 5.75 Å².